The molecule has 1 amide bonds. The molecule has 1 aliphatic carbocycles. The van der Waals surface area contributed by atoms with Crippen molar-refractivity contribution >= 4 is 23.6 Å². The van der Waals surface area contributed by atoms with E-state index in [1.165, 1.54) is 0 Å². The van der Waals surface area contributed by atoms with Gasteiger partial charge >= 0.3 is 12.1 Å². The Labute approximate surface area is 100 Å². The van der Waals surface area contributed by atoms with Crippen LogP contribution in [0, 0.1) is 0 Å². The fourth-order valence-corrected chi connectivity index (χ4v) is 1.96. The van der Waals surface area contributed by atoms with Crippen molar-refractivity contribution in [2.24, 2.45) is 0 Å². The van der Waals surface area contributed by atoms with Crippen LogP contribution in [-0.4, -0.2) is 52.2 Å². The smallest absolute Gasteiger partial charge is 0.397 e. The number of hydrogen-bond donors (Lipinski definition) is 1. The molecular weight excluding hydrogens is 259 g/mol. The van der Waals surface area contributed by atoms with Gasteiger partial charge in [0.2, 0.25) is 5.91 Å². The molecule has 98 valence electrons. The number of aliphatic carboxylic acids is 1. The van der Waals surface area contributed by atoms with E-state index >= 15 is 0 Å². The number of halogens is 3. The first-order valence-electron chi connectivity index (χ1n) is 4.95. The standard InChI is InChI=1S/C9H12F3NO3S/c10-9(11,12)5-17-4-7(14)13(3-8(15)16)6-1-2-6/h6H,1-5H2,(H,15,16). The Morgan fingerprint density at radius 1 is 1.35 bits per heavy atom. The summed E-state index contributed by atoms with van der Waals surface area (Å²) in [4.78, 5) is 23.2. The third-order valence-corrected chi connectivity index (χ3v) is 3.09. The van der Waals surface area contributed by atoms with Crippen LogP contribution >= 0.6 is 11.8 Å². The van der Waals surface area contributed by atoms with Gasteiger partial charge in [0.25, 0.3) is 0 Å². The van der Waals surface area contributed by atoms with Crippen LogP contribution in [0.5, 0.6) is 0 Å². The van der Waals surface area contributed by atoms with Crippen LogP contribution in [-0.2, 0) is 9.59 Å². The molecule has 17 heavy (non-hydrogen) atoms. The highest BCUT2D eigenvalue weighted by atomic mass is 32.2. The Morgan fingerprint density at radius 3 is 2.35 bits per heavy atom. The number of rotatable bonds is 6. The third kappa shape index (κ3) is 5.81. The first kappa shape index (κ1) is 14.1. The Morgan fingerprint density at radius 2 is 1.94 bits per heavy atom. The lowest BCUT2D eigenvalue weighted by molar-refractivity contribution is -0.143. The lowest BCUT2D eigenvalue weighted by Gasteiger charge is -2.20. The summed E-state index contributed by atoms with van der Waals surface area (Å²) in [5.74, 6) is -3.11. The van der Waals surface area contributed by atoms with E-state index in [1.54, 1.807) is 0 Å². The minimum absolute atomic E-state index is 0.106. The van der Waals surface area contributed by atoms with E-state index < -0.39 is 30.4 Å². The number of alkyl halides is 3. The summed E-state index contributed by atoms with van der Waals surface area (Å²) >= 11 is 0.460. The van der Waals surface area contributed by atoms with Gasteiger partial charge in [-0.05, 0) is 12.8 Å². The maximum atomic E-state index is 11.8. The average Bonchev–Trinajstić information content (AvgIpc) is 2.94. The summed E-state index contributed by atoms with van der Waals surface area (Å²) < 4.78 is 35.5. The van der Waals surface area contributed by atoms with E-state index in [-0.39, 0.29) is 11.8 Å². The lowest BCUT2D eigenvalue weighted by atomic mass is 10.4. The molecule has 0 aromatic rings. The van der Waals surface area contributed by atoms with Gasteiger partial charge in [-0.1, -0.05) is 0 Å². The normalized spacial score (nSPS) is 15.7. The van der Waals surface area contributed by atoms with Gasteiger partial charge in [0.05, 0.1) is 11.5 Å². The number of carboxylic acid groups (broad SMARTS) is 1. The number of amides is 1. The molecule has 8 heteroatoms. The molecule has 0 saturated heterocycles. The Bertz CT molecular complexity index is 304. The average molecular weight is 271 g/mol. The fraction of sp³-hybridized carbons (Fsp3) is 0.778. The first-order chi connectivity index (χ1) is 7.79. The second-order valence-electron chi connectivity index (χ2n) is 3.75. The molecule has 1 fully saturated rings. The molecule has 1 saturated carbocycles. The predicted octanol–water partition coefficient (Wildman–Crippen LogP) is 1.36. The summed E-state index contributed by atoms with van der Waals surface area (Å²) in [6.45, 7) is -0.434. The summed E-state index contributed by atoms with van der Waals surface area (Å²) in [6, 6.07) is -0.106. The molecule has 1 rings (SSSR count). The van der Waals surface area contributed by atoms with Crippen LogP contribution in [0.1, 0.15) is 12.8 Å². The van der Waals surface area contributed by atoms with Gasteiger partial charge in [0.15, 0.2) is 0 Å². The highest BCUT2D eigenvalue weighted by molar-refractivity contribution is 8.00. The number of carboxylic acids is 1. The van der Waals surface area contributed by atoms with E-state index in [9.17, 15) is 22.8 Å². The molecule has 0 aromatic carbocycles. The van der Waals surface area contributed by atoms with Crippen LogP contribution in [0.4, 0.5) is 13.2 Å². The number of carbonyl (C=O) groups excluding carboxylic acids is 1. The molecule has 0 heterocycles. The molecular formula is C9H12F3NO3S. The van der Waals surface area contributed by atoms with E-state index in [0.717, 1.165) is 17.7 Å². The minimum atomic E-state index is -4.30. The SMILES string of the molecule is O=C(O)CN(C(=O)CSCC(F)(F)F)C1CC1. The van der Waals surface area contributed by atoms with Crippen LogP contribution in [0.15, 0.2) is 0 Å². The van der Waals surface area contributed by atoms with Crippen LogP contribution in [0.2, 0.25) is 0 Å². The van der Waals surface area contributed by atoms with Gasteiger partial charge in [-0.2, -0.15) is 13.2 Å². The van der Waals surface area contributed by atoms with Gasteiger partial charge in [0, 0.05) is 6.04 Å². The van der Waals surface area contributed by atoms with Gasteiger partial charge < -0.3 is 10.0 Å². The van der Waals surface area contributed by atoms with Crippen molar-refractivity contribution in [2.75, 3.05) is 18.1 Å². The number of hydrogen-bond acceptors (Lipinski definition) is 3. The zero-order chi connectivity index (χ0) is 13.1. The molecule has 0 bridgehead atoms. The Balaban J connectivity index is 2.35. The van der Waals surface area contributed by atoms with Gasteiger partial charge in [-0.15, -0.1) is 11.8 Å². The first-order valence-corrected chi connectivity index (χ1v) is 6.11. The number of nitrogens with zero attached hydrogens (tertiary/aromatic N) is 1. The van der Waals surface area contributed by atoms with Crippen LogP contribution < -0.4 is 0 Å². The summed E-state index contributed by atoms with van der Waals surface area (Å²) in [6.07, 6.45) is -2.85. The molecule has 1 N–H and O–H groups in total. The second-order valence-corrected chi connectivity index (χ2v) is 4.74. The van der Waals surface area contributed by atoms with E-state index in [4.69, 9.17) is 5.11 Å². The summed E-state index contributed by atoms with van der Waals surface area (Å²) in [7, 11) is 0. The fourth-order valence-electron chi connectivity index (χ4n) is 1.29. The van der Waals surface area contributed by atoms with Crippen molar-refractivity contribution < 1.29 is 27.9 Å². The van der Waals surface area contributed by atoms with Gasteiger partial charge in [-0.25, -0.2) is 0 Å². The summed E-state index contributed by atoms with van der Waals surface area (Å²) in [5.41, 5.74) is 0. The maximum absolute atomic E-state index is 11.8. The van der Waals surface area contributed by atoms with E-state index in [2.05, 4.69) is 0 Å². The quantitative estimate of drug-likeness (QED) is 0.792. The van der Waals surface area contributed by atoms with Crippen molar-refractivity contribution in [1.82, 2.24) is 4.90 Å². The molecule has 0 spiro atoms. The molecule has 4 nitrogen and oxygen atoms in total. The van der Waals surface area contributed by atoms with E-state index in [1.807, 2.05) is 0 Å². The van der Waals surface area contributed by atoms with E-state index in [0.29, 0.717) is 11.8 Å². The molecule has 1 aliphatic rings. The highest BCUT2D eigenvalue weighted by Gasteiger charge is 2.34. The zero-order valence-electron chi connectivity index (χ0n) is 8.87. The molecule has 0 aliphatic heterocycles. The topological polar surface area (TPSA) is 57.6 Å². The lowest BCUT2D eigenvalue weighted by Crippen LogP contribution is -2.38. The van der Waals surface area contributed by atoms with Crippen molar-refractivity contribution in [3.05, 3.63) is 0 Å². The molecule has 0 atom stereocenters. The molecule has 0 unspecified atom stereocenters. The largest absolute Gasteiger partial charge is 0.480 e. The Kier molecular flexibility index (Phi) is 4.67. The number of carbonyl (C=O) groups is 2. The molecule has 0 radical (unpaired) electrons. The Hall–Kier alpha value is -0.920. The molecule has 0 aromatic heterocycles. The van der Waals surface area contributed by atoms with Crippen molar-refractivity contribution in [2.45, 2.75) is 25.1 Å². The summed E-state index contributed by atoms with van der Waals surface area (Å²) in [5, 5.41) is 8.58. The van der Waals surface area contributed by atoms with Gasteiger partial charge in [0.1, 0.15) is 6.54 Å². The number of thioether (sulfide) groups is 1. The predicted molar refractivity (Wildman–Crippen MR) is 55.8 cm³/mol. The van der Waals surface area contributed by atoms with Gasteiger partial charge in [-0.3, -0.25) is 9.59 Å². The van der Waals surface area contributed by atoms with Crippen molar-refractivity contribution in [3.8, 4) is 0 Å². The zero-order valence-corrected chi connectivity index (χ0v) is 9.68. The highest BCUT2D eigenvalue weighted by Crippen LogP contribution is 2.28. The van der Waals surface area contributed by atoms with Crippen molar-refractivity contribution in [3.63, 3.8) is 0 Å². The monoisotopic (exact) mass is 271 g/mol. The maximum Gasteiger partial charge on any atom is 0.397 e. The third-order valence-electron chi connectivity index (χ3n) is 2.10. The second kappa shape index (κ2) is 5.61. The minimum Gasteiger partial charge on any atom is -0.480 e. The van der Waals surface area contributed by atoms with Crippen LogP contribution in [0.3, 0.4) is 0 Å². The van der Waals surface area contributed by atoms with Crippen molar-refractivity contribution in [1.29, 1.82) is 0 Å². The van der Waals surface area contributed by atoms with Crippen LogP contribution in [0.25, 0.3) is 0 Å².